The van der Waals surface area contributed by atoms with Gasteiger partial charge in [-0.05, 0) is 23.8 Å². The van der Waals surface area contributed by atoms with Gasteiger partial charge >= 0.3 is 0 Å². The molecule has 0 saturated heterocycles. The fourth-order valence-corrected chi connectivity index (χ4v) is 2.15. The van der Waals surface area contributed by atoms with E-state index in [4.69, 9.17) is 0 Å². The first-order valence-corrected chi connectivity index (χ1v) is 7.65. The first-order chi connectivity index (χ1) is 9.50. The van der Waals surface area contributed by atoms with Crippen molar-refractivity contribution in [2.75, 3.05) is 13.1 Å². The first-order valence-electron chi connectivity index (χ1n) is 6.77. The number of aliphatic hydroxyl groups is 1. The zero-order valence-electron chi connectivity index (χ0n) is 11.9. The number of carbonyl (C=O) groups excluding carboxylic acids is 2. The van der Waals surface area contributed by atoms with E-state index in [1.165, 1.54) is 11.3 Å². The Morgan fingerprint density at radius 1 is 1.30 bits per heavy atom. The van der Waals surface area contributed by atoms with Crippen molar-refractivity contribution in [2.45, 2.75) is 32.8 Å². The Balaban J connectivity index is 2.07. The van der Waals surface area contributed by atoms with Crippen LogP contribution in [0.4, 0.5) is 0 Å². The van der Waals surface area contributed by atoms with E-state index in [0.29, 0.717) is 24.4 Å². The van der Waals surface area contributed by atoms with Gasteiger partial charge in [-0.25, -0.2) is 0 Å². The van der Waals surface area contributed by atoms with Crippen LogP contribution in [0.25, 0.3) is 0 Å². The fourth-order valence-electron chi connectivity index (χ4n) is 1.51. The van der Waals surface area contributed by atoms with Crippen LogP contribution >= 0.6 is 11.3 Å². The van der Waals surface area contributed by atoms with E-state index in [2.05, 4.69) is 10.6 Å². The Hall–Kier alpha value is -1.40. The van der Waals surface area contributed by atoms with Crippen molar-refractivity contribution in [1.29, 1.82) is 0 Å². The van der Waals surface area contributed by atoms with Gasteiger partial charge in [-0.15, -0.1) is 11.3 Å². The van der Waals surface area contributed by atoms with E-state index in [9.17, 15) is 14.7 Å². The highest BCUT2D eigenvalue weighted by molar-refractivity contribution is 7.12. The highest BCUT2D eigenvalue weighted by Crippen LogP contribution is 2.07. The third-order valence-electron chi connectivity index (χ3n) is 2.87. The predicted molar refractivity (Wildman–Crippen MR) is 79.7 cm³/mol. The summed E-state index contributed by atoms with van der Waals surface area (Å²) in [6.07, 6.45) is 0.188. The summed E-state index contributed by atoms with van der Waals surface area (Å²) in [5, 5.41) is 16.9. The van der Waals surface area contributed by atoms with Crippen molar-refractivity contribution in [1.82, 2.24) is 10.6 Å². The zero-order valence-corrected chi connectivity index (χ0v) is 12.7. The second-order valence-corrected chi connectivity index (χ2v) is 5.90. The topological polar surface area (TPSA) is 78.4 Å². The average Bonchev–Trinajstić information content (AvgIpc) is 2.91. The lowest BCUT2D eigenvalue weighted by Gasteiger charge is -2.13. The molecule has 0 spiro atoms. The highest BCUT2D eigenvalue weighted by Gasteiger charge is 2.13. The third kappa shape index (κ3) is 6.16. The van der Waals surface area contributed by atoms with Gasteiger partial charge in [0.15, 0.2) is 0 Å². The van der Waals surface area contributed by atoms with Crippen LogP contribution in [-0.4, -0.2) is 36.1 Å². The van der Waals surface area contributed by atoms with Gasteiger partial charge in [-0.3, -0.25) is 9.59 Å². The fraction of sp³-hybridized carbons (Fsp3) is 0.571. The van der Waals surface area contributed by atoms with Gasteiger partial charge in [0.25, 0.3) is 5.91 Å². The van der Waals surface area contributed by atoms with Crippen LogP contribution < -0.4 is 10.6 Å². The molecule has 0 radical (unpaired) electrons. The molecule has 0 aliphatic heterocycles. The molecule has 1 aromatic rings. The first kappa shape index (κ1) is 16.7. The lowest BCUT2D eigenvalue weighted by molar-refractivity contribution is -0.123. The summed E-state index contributed by atoms with van der Waals surface area (Å²) in [5.41, 5.74) is 0. The number of rotatable bonds is 8. The van der Waals surface area contributed by atoms with Crippen molar-refractivity contribution in [3.05, 3.63) is 22.4 Å². The molecule has 1 heterocycles. The Bertz CT molecular complexity index is 418. The molecule has 20 heavy (non-hydrogen) atoms. The van der Waals surface area contributed by atoms with Gasteiger partial charge in [0.2, 0.25) is 5.91 Å². The molecule has 0 bridgehead atoms. The molecule has 0 aliphatic carbocycles. The van der Waals surface area contributed by atoms with Crippen molar-refractivity contribution < 1.29 is 14.7 Å². The SMILES string of the molecule is CC(C)C(O)CC(=O)NCCCNC(=O)c1cccs1. The van der Waals surface area contributed by atoms with Crippen LogP contribution in [0.1, 0.15) is 36.4 Å². The molecule has 2 amide bonds. The summed E-state index contributed by atoms with van der Waals surface area (Å²) in [5.74, 6) is -0.164. The minimum atomic E-state index is -0.603. The molecule has 3 N–H and O–H groups in total. The number of hydrogen-bond donors (Lipinski definition) is 3. The van der Waals surface area contributed by atoms with Crippen molar-refractivity contribution in [2.24, 2.45) is 5.92 Å². The molecular formula is C14H22N2O3S. The number of hydrogen-bond acceptors (Lipinski definition) is 4. The lowest BCUT2D eigenvalue weighted by Crippen LogP contribution is -2.32. The molecule has 0 fully saturated rings. The normalized spacial score (nSPS) is 12.2. The summed E-state index contributed by atoms with van der Waals surface area (Å²) in [6, 6.07) is 3.61. The molecule has 0 aliphatic rings. The summed E-state index contributed by atoms with van der Waals surface area (Å²) in [6.45, 7) is 4.76. The Morgan fingerprint density at radius 2 is 2.00 bits per heavy atom. The molecule has 5 nitrogen and oxygen atoms in total. The van der Waals surface area contributed by atoms with Crippen molar-refractivity contribution in [3.8, 4) is 0 Å². The van der Waals surface area contributed by atoms with Gasteiger partial charge in [0.05, 0.1) is 17.4 Å². The second kappa shape index (κ2) is 8.71. The van der Waals surface area contributed by atoms with E-state index < -0.39 is 6.10 Å². The van der Waals surface area contributed by atoms with E-state index in [0.717, 1.165) is 0 Å². The van der Waals surface area contributed by atoms with Crippen LogP contribution in [-0.2, 0) is 4.79 Å². The summed E-state index contributed by atoms with van der Waals surface area (Å²) < 4.78 is 0. The maximum atomic E-state index is 11.6. The average molecular weight is 298 g/mol. The van der Waals surface area contributed by atoms with Crippen LogP contribution in [0.3, 0.4) is 0 Å². The lowest BCUT2D eigenvalue weighted by atomic mass is 10.0. The number of carbonyl (C=O) groups is 2. The highest BCUT2D eigenvalue weighted by atomic mass is 32.1. The van der Waals surface area contributed by atoms with E-state index in [1.807, 2.05) is 25.3 Å². The van der Waals surface area contributed by atoms with Gasteiger partial charge < -0.3 is 15.7 Å². The third-order valence-corrected chi connectivity index (χ3v) is 3.74. The molecule has 112 valence electrons. The molecule has 1 rings (SSSR count). The zero-order chi connectivity index (χ0) is 15.0. The van der Waals surface area contributed by atoms with Gasteiger partial charge in [0.1, 0.15) is 0 Å². The molecule has 0 saturated carbocycles. The largest absolute Gasteiger partial charge is 0.392 e. The van der Waals surface area contributed by atoms with Crippen LogP contribution in [0.2, 0.25) is 0 Å². The number of thiophene rings is 1. The number of nitrogens with one attached hydrogen (secondary N) is 2. The van der Waals surface area contributed by atoms with Crippen LogP contribution in [0, 0.1) is 5.92 Å². The quantitative estimate of drug-likeness (QED) is 0.635. The van der Waals surface area contributed by atoms with E-state index in [-0.39, 0.29) is 24.2 Å². The Kier molecular flexibility index (Phi) is 7.25. The molecule has 1 aromatic heterocycles. The number of aliphatic hydroxyl groups excluding tert-OH is 1. The van der Waals surface area contributed by atoms with E-state index >= 15 is 0 Å². The standard InChI is InChI=1S/C14H22N2O3S/c1-10(2)11(17)9-13(18)15-6-4-7-16-14(19)12-5-3-8-20-12/h3,5,8,10-11,17H,4,6-7,9H2,1-2H3,(H,15,18)(H,16,19). The smallest absolute Gasteiger partial charge is 0.261 e. The van der Waals surface area contributed by atoms with Gasteiger partial charge in [0, 0.05) is 13.1 Å². The predicted octanol–water partition coefficient (Wildman–Crippen LogP) is 1.39. The van der Waals surface area contributed by atoms with Crippen molar-refractivity contribution in [3.63, 3.8) is 0 Å². The monoisotopic (exact) mass is 298 g/mol. The maximum absolute atomic E-state index is 11.6. The minimum Gasteiger partial charge on any atom is -0.392 e. The molecule has 1 atom stereocenters. The Morgan fingerprint density at radius 3 is 2.60 bits per heavy atom. The maximum Gasteiger partial charge on any atom is 0.261 e. The summed E-state index contributed by atoms with van der Waals surface area (Å²) in [4.78, 5) is 23.8. The Labute approximate surface area is 123 Å². The molecular weight excluding hydrogens is 276 g/mol. The summed E-state index contributed by atoms with van der Waals surface area (Å²) >= 11 is 1.40. The van der Waals surface area contributed by atoms with E-state index in [1.54, 1.807) is 6.07 Å². The van der Waals surface area contributed by atoms with Crippen LogP contribution in [0.5, 0.6) is 0 Å². The van der Waals surface area contributed by atoms with Gasteiger partial charge in [-0.2, -0.15) is 0 Å². The molecule has 0 aromatic carbocycles. The van der Waals surface area contributed by atoms with Crippen LogP contribution in [0.15, 0.2) is 17.5 Å². The van der Waals surface area contributed by atoms with Crippen molar-refractivity contribution >= 4 is 23.2 Å². The minimum absolute atomic E-state index is 0.0748. The molecule has 1 unspecified atom stereocenters. The second-order valence-electron chi connectivity index (χ2n) is 4.95. The number of amides is 2. The van der Waals surface area contributed by atoms with Gasteiger partial charge in [-0.1, -0.05) is 19.9 Å². The summed E-state index contributed by atoms with van der Waals surface area (Å²) in [7, 11) is 0. The molecule has 6 heteroatoms.